The van der Waals surface area contributed by atoms with Crippen LogP contribution < -0.4 is 4.90 Å². The third-order valence-electron chi connectivity index (χ3n) is 5.26. The summed E-state index contributed by atoms with van der Waals surface area (Å²) in [7, 11) is -3.65. The Morgan fingerprint density at radius 2 is 1.80 bits per heavy atom. The van der Waals surface area contributed by atoms with Crippen LogP contribution in [0.2, 0.25) is 0 Å². The first-order valence-electron chi connectivity index (χ1n) is 8.84. The molecular formula is C17H25N3O4S. The molecule has 0 aromatic heterocycles. The zero-order chi connectivity index (χ0) is 18.0. The lowest BCUT2D eigenvalue weighted by atomic mass is 10.1. The molecule has 0 amide bonds. The Balaban J connectivity index is 1.80. The van der Waals surface area contributed by atoms with E-state index in [1.165, 1.54) is 38.1 Å². The third kappa shape index (κ3) is 4.12. The maximum Gasteiger partial charge on any atom is 0.288 e. The molecular weight excluding hydrogens is 342 g/mol. The summed E-state index contributed by atoms with van der Waals surface area (Å²) in [5.74, 6) is 0. The van der Waals surface area contributed by atoms with Crippen LogP contribution in [0.4, 0.5) is 11.4 Å². The molecule has 0 aliphatic carbocycles. The van der Waals surface area contributed by atoms with E-state index >= 15 is 0 Å². The van der Waals surface area contributed by atoms with Gasteiger partial charge in [-0.3, -0.25) is 10.1 Å². The fourth-order valence-corrected chi connectivity index (χ4v) is 4.81. The van der Waals surface area contributed by atoms with Gasteiger partial charge in [0.25, 0.3) is 5.69 Å². The molecule has 1 aromatic carbocycles. The smallest absolute Gasteiger partial charge is 0.288 e. The molecule has 1 aromatic rings. The maximum absolute atomic E-state index is 12.0. The Kier molecular flexibility index (Phi) is 5.29. The molecule has 2 aliphatic heterocycles. The van der Waals surface area contributed by atoms with Gasteiger partial charge in [-0.25, -0.2) is 8.42 Å². The Morgan fingerprint density at radius 1 is 1.08 bits per heavy atom. The molecule has 2 heterocycles. The molecule has 0 radical (unpaired) electrons. The Bertz CT molecular complexity index is 744. The minimum Gasteiger partial charge on any atom is -0.371 e. The Labute approximate surface area is 148 Å². The lowest BCUT2D eigenvalue weighted by molar-refractivity contribution is -0.387. The topological polar surface area (TPSA) is 83.8 Å². The molecule has 0 spiro atoms. The van der Waals surface area contributed by atoms with Crippen molar-refractivity contribution >= 4 is 21.2 Å². The molecule has 3 rings (SSSR count). The second kappa shape index (κ2) is 7.29. The van der Waals surface area contributed by atoms with E-state index < -0.39 is 14.8 Å². The van der Waals surface area contributed by atoms with Crippen molar-refractivity contribution in [3.63, 3.8) is 0 Å². The standard InChI is InChI=1S/C17H25N3O4S/c1-25(23,24)17-13-15(6-7-16(17)20(21)22)19-11-4-5-14(8-12-19)18-9-2-3-10-18/h6-7,13-14H,2-5,8-12H2,1H3. The van der Waals surface area contributed by atoms with Gasteiger partial charge in [-0.05, 0) is 57.3 Å². The van der Waals surface area contributed by atoms with Crippen LogP contribution in [0.1, 0.15) is 32.1 Å². The zero-order valence-electron chi connectivity index (χ0n) is 14.6. The number of likely N-dealkylation sites (tertiary alicyclic amines) is 1. The zero-order valence-corrected chi connectivity index (χ0v) is 15.4. The summed E-state index contributed by atoms with van der Waals surface area (Å²) < 4.78 is 23.9. The van der Waals surface area contributed by atoms with Crippen molar-refractivity contribution in [2.45, 2.75) is 43.0 Å². The highest BCUT2D eigenvalue weighted by molar-refractivity contribution is 7.90. The largest absolute Gasteiger partial charge is 0.371 e. The molecule has 0 N–H and O–H groups in total. The van der Waals surface area contributed by atoms with Crippen molar-refractivity contribution in [1.82, 2.24) is 4.90 Å². The van der Waals surface area contributed by atoms with E-state index in [2.05, 4.69) is 9.80 Å². The van der Waals surface area contributed by atoms with Crippen molar-refractivity contribution in [3.8, 4) is 0 Å². The van der Waals surface area contributed by atoms with E-state index in [9.17, 15) is 18.5 Å². The number of rotatable bonds is 4. The van der Waals surface area contributed by atoms with Gasteiger partial charge in [0.15, 0.2) is 9.84 Å². The average molecular weight is 367 g/mol. The quantitative estimate of drug-likeness (QED) is 0.600. The van der Waals surface area contributed by atoms with Gasteiger partial charge in [0.05, 0.1) is 4.92 Å². The highest BCUT2D eigenvalue weighted by Crippen LogP contribution is 2.31. The summed E-state index contributed by atoms with van der Waals surface area (Å²) in [5.41, 5.74) is 0.407. The summed E-state index contributed by atoms with van der Waals surface area (Å²) in [6, 6.07) is 5.04. The van der Waals surface area contributed by atoms with Crippen molar-refractivity contribution < 1.29 is 13.3 Å². The van der Waals surface area contributed by atoms with E-state index in [1.807, 2.05) is 0 Å². The monoisotopic (exact) mass is 367 g/mol. The number of hydrogen-bond donors (Lipinski definition) is 0. The molecule has 2 aliphatic rings. The first-order valence-corrected chi connectivity index (χ1v) is 10.7. The van der Waals surface area contributed by atoms with Crippen LogP contribution >= 0.6 is 0 Å². The molecule has 2 saturated heterocycles. The van der Waals surface area contributed by atoms with Crippen molar-refractivity contribution in [3.05, 3.63) is 28.3 Å². The molecule has 0 saturated carbocycles. The fourth-order valence-electron chi connectivity index (χ4n) is 3.96. The number of nitro groups is 1. The second-order valence-electron chi connectivity index (χ2n) is 7.00. The summed E-state index contributed by atoms with van der Waals surface area (Å²) in [6.07, 6.45) is 6.82. The van der Waals surface area contributed by atoms with Gasteiger partial charge < -0.3 is 9.80 Å². The lowest BCUT2D eigenvalue weighted by Gasteiger charge is -2.27. The predicted octanol–water partition coefficient (Wildman–Crippen LogP) is 2.45. The number of hydrogen-bond acceptors (Lipinski definition) is 6. The maximum atomic E-state index is 12.0. The first kappa shape index (κ1) is 18.1. The molecule has 1 unspecified atom stereocenters. The molecule has 1 atom stereocenters. The van der Waals surface area contributed by atoms with Crippen LogP contribution in [-0.2, 0) is 9.84 Å². The first-order chi connectivity index (χ1) is 11.9. The van der Waals surface area contributed by atoms with Gasteiger partial charge in [-0.15, -0.1) is 0 Å². The van der Waals surface area contributed by atoms with Gasteiger partial charge in [-0.2, -0.15) is 0 Å². The summed E-state index contributed by atoms with van der Waals surface area (Å²) in [6.45, 7) is 4.06. The van der Waals surface area contributed by atoms with E-state index in [-0.39, 0.29) is 10.6 Å². The SMILES string of the molecule is CS(=O)(=O)c1cc(N2CCCC(N3CCCC3)CC2)ccc1[N+](=O)[O-]. The van der Waals surface area contributed by atoms with E-state index in [0.717, 1.165) is 44.3 Å². The van der Waals surface area contributed by atoms with Gasteiger partial charge in [-0.1, -0.05) is 0 Å². The second-order valence-corrected chi connectivity index (χ2v) is 8.98. The van der Waals surface area contributed by atoms with Crippen molar-refractivity contribution in [2.24, 2.45) is 0 Å². The van der Waals surface area contributed by atoms with Crippen LogP contribution in [0.15, 0.2) is 23.1 Å². The van der Waals surface area contributed by atoms with Crippen LogP contribution in [0, 0.1) is 10.1 Å². The average Bonchev–Trinajstić information content (AvgIpc) is 2.98. The molecule has 25 heavy (non-hydrogen) atoms. The minimum absolute atomic E-state index is 0.199. The molecule has 0 bridgehead atoms. The van der Waals surface area contributed by atoms with Gasteiger partial charge in [0.1, 0.15) is 4.90 Å². The van der Waals surface area contributed by atoms with Crippen molar-refractivity contribution in [1.29, 1.82) is 0 Å². The Hall–Kier alpha value is -1.67. The number of benzene rings is 1. The molecule has 138 valence electrons. The summed E-state index contributed by atoms with van der Waals surface area (Å²) >= 11 is 0. The fraction of sp³-hybridized carbons (Fsp3) is 0.647. The van der Waals surface area contributed by atoms with E-state index in [1.54, 1.807) is 6.07 Å². The van der Waals surface area contributed by atoms with Crippen LogP contribution in [0.25, 0.3) is 0 Å². The van der Waals surface area contributed by atoms with Crippen molar-refractivity contribution in [2.75, 3.05) is 37.3 Å². The third-order valence-corrected chi connectivity index (χ3v) is 6.39. The van der Waals surface area contributed by atoms with Gasteiger partial charge in [0.2, 0.25) is 0 Å². The number of nitro benzene ring substituents is 1. The predicted molar refractivity (Wildman–Crippen MR) is 96.9 cm³/mol. The van der Waals surface area contributed by atoms with Crippen LogP contribution in [-0.4, -0.2) is 56.7 Å². The number of anilines is 1. The van der Waals surface area contributed by atoms with E-state index in [0.29, 0.717) is 6.04 Å². The van der Waals surface area contributed by atoms with Crippen LogP contribution in [0.3, 0.4) is 0 Å². The lowest BCUT2D eigenvalue weighted by Crippen LogP contribution is -2.33. The Morgan fingerprint density at radius 3 is 2.44 bits per heavy atom. The number of sulfone groups is 1. The highest BCUT2D eigenvalue weighted by Gasteiger charge is 2.27. The summed E-state index contributed by atoms with van der Waals surface area (Å²) in [5, 5.41) is 11.1. The molecule has 7 nitrogen and oxygen atoms in total. The molecule has 2 fully saturated rings. The highest BCUT2D eigenvalue weighted by atomic mass is 32.2. The molecule has 8 heteroatoms. The van der Waals surface area contributed by atoms with Gasteiger partial charge in [0, 0.05) is 37.1 Å². The van der Waals surface area contributed by atoms with Gasteiger partial charge >= 0.3 is 0 Å². The normalized spacial score (nSPS) is 22.8. The minimum atomic E-state index is -3.65. The summed E-state index contributed by atoms with van der Waals surface area (Å²) in [4.78, 5) is 15.0. The number of nitrogens with zero attached hydrogens (tertiary/aromatic N) is 3. The van der Waals surface area contributed by atoms with Crippen LogP contribution in [0.5, 0.6) is 0 Å². The van der Waals surface area contributed by atoms with E-state index in [4.69, 9.17) is 0 Å².